The van der Waals surface area contributed by atoms with Crippen LogP contribution in [0.5, 0.6) is 0 Å². The summed E-state index contributed by atoms with van der Waals surface area (Å²) >= 11 is 0. The minimum absolute atomic E-state index is 0.0854. The van der Waals surface area contributed by atoms with Crippen molar-refractivity contribution >= 4 is 23.6 Å². The molecule has 4 N–H and O–H groups in total. The molecule has 1 fully saturated rings. The van der Waals surface area contributed by atoms with Crippen molar-refractivity contribution in [1.29, 1.82) is 0 Å². The van der Waals surface area contributed by atoms with Crippen LogP contribution in [-0.4, -0.2) is 101 Å². The quantitative estimate of drug-likeness (QED) is 0.180. The molecular weight excluding hydrogens is 472 g/mol. The molecule has 2 aliphatic rings. The van der Waals surface area contributed by atoms with Crippen LogP contribution in [-0.2, 0) is 35.1 Å². The van der Waals surface area contributed by atoms with Crippen molar-refractivity contribution in [2.24, 2.45) is 5.73 Å². The van der Waals surface area contributed by atoms with Crippen LogP contribution in [0, 0.1) is 0 Å². The van der Waals surface area contributed by atoms with Crippen LogP contribution in [0.4, 0.5) is 0 Å². The van der Waals surface area contributed by atoms with Crippen LogP contribution < -0.4 is 16.4 Å². The molecule has 1 saturated heterocycles. The number of benzene rings is 1. The third-order valence-electron chi connectivity index (χ3n) is 5.67. The smallest absolute Gasteiger partial charge is 0.262 e. The number of rotatable bonds is 17. The number of carbonyl (C=O) groups is 4. The van der Waals surface area contributed by atoms with E-state index in [1.807, 2.05) is 0 Å². The van der Waals surface area contributed by atoms with Crippen molar-refractivity contribution in [2.75, 3.05) is 65.9 Å². The summed E-state index contributed by atoms with van der Waals surface area (Å²) in [5.41, 5.74) is 6.55. The standard InChI is InChI=1S/C24H34N4O8/c25-6-8-33-10-12-35-14-15-36-13-11-34-9-7-26-16-17-2-1-3-18-21(17)24(32)28(23(18)31)19-4-5-20(29)27-22(19)30/h1-3,19,26H,4-16,25H2,(H,27,29,30). The average Bonchev–Trinajstić information content (AvgIpc) is 3.12. The summed E-state index contributed by atoms with van der Waals surface area (Å²) in [7, 11) is 0. The summed E-state index contributed by atoms with van der Waals surface area (Å²) in [5.74, 6) is -2.05. The van der Waals surface area contributed by atoms with Gasteiger partial charge in [-0.3, -0.25) is 29.4 Å². The molecule has 0 aliphatic carbocycles. The van der Waals surface area contributed by atoms with Crippen molar-refractivity contribution in [2.45, 2.75) is 25.4 Å². The van der Waals surface area contributed by atoms with Gasteiger partial charge in [-0.05, 0) is 18.1 Å². The summed E-state index contributed by atoms with van der Waals surface area (Å²) < 4.78 is 21.5. The normalized spacial score (nSPS) is 17.6. The van der Waals surface area contributed by atoms with Crippen molar-refractivity contribution in [3.63, 3.8) is 0 Å². The van der Waals surface area contributed by atoms with Crippen LogP contribution in [0.1, 0.15) is 39.1 Å². The Morgan fingerprint density at radius 1 is 0.889 bits per heavy atom. The van der Waals surface area contributed by atoms with Gasteiger partial charge in [0.05, 0.1) is 64.0 Å². The zero-order chi connectivity index (χ0) is 25.8. The molecule has 0 bridgehead atoms. The number of hydrogen-bond acceptors (Lipinski definition) is 10. The molecule has 0 spiro atoms. The number of fused-ring (bicyclic) bond motifs is 1. The van der Waals surface area contributed by atoms with E-state index in [2.05, 4.69) is 10.6 Å². The monoisotopic (exact) mass is 506 g/mol. The van der Waals surface area contributed by atoms with Crippen molar-refractivity contribution < 1.29 is 38.1 Å². The number of carbonyl (C=O) groups excluding carboxylic acids is 4. The SMILES string of the molecule is NCCOCCOCCOCCOCCNCc1cccc2c1C(=O)N(C1CCC(=O)NC1=O)C2=O. The van der Waals surface area contributed by atoms with Gasteiger partial charge in [0.25, 0.3) is 11.8 Å². The Hall–Kier alpha value is -2.74. The van der Waals surface area contributed by atoms with Gasteiger partial charge in [-0.1, -0.05) is 12.1 Å². The summed E-state index contributed by atoms with van der Waals surface area (Å²) in [6, 6.07) is 4.08. The highest BCUT2D eigenvalue weighted by atomic mass is 16.6. The highest BCUT2D eigenvalue weighted by Crippen LogP contribution is 2.29. The number of nitrogens with two attached hydrogens (primary N) is 1. The lowest BCUT2D eigenvalue weighted by atomic mass is 10.0. The molecule has 3 rings (SSSR count). The highest BCUT2D eigenvalue weighted by Gasteiger charge is 2.45. The molecule has 1 aromatic carbocycles. The Morgan fingerprint density at radius 3 is 2.17 bits per heavy atom. The van der Waals surface area contributed by atoms with E-state index >= 15 is 0 Å². The van der Waals surface area contributed by atoms with Gasteiger partial charge in [0, 0.05) is 26.1 Å². The van der Waals surface area contributed by atoms with Gasteiger partial charge < -0.3 is 30.0 Å². The molecule has 0 saturated carbocycles. The molecule has 0 aromatic heterocycles. The number of amides is 4. The van der Waals surface area contributed by atoms with Crippen molar-refractivity contribution in [3.8, 4) is 0 Å². The lowest BCUT2D eigenvalue weighted by Crippen LogP contribution is -2.54. The molecule has 1 atom stereocenters. The van der Waals surface area contributed by atoms with Gasteiger partial charge in [0.1, 0.15) is 6.04 Å². The first-order valence-corrected chi connectivity index (χ1v) is 12.1. The van der Waals surface area contributed by atoms with Crippen molar-refractivity contribution in [3.05, 3.63) is 34.9 Å². The molecule has 2 aliphatic heterocycles. The minimum atomic E-state index is -0.978. The molecule has 12 heteroatoms. The van der Waals surface area contributed by atoms with Crippen LogP contribution >= 0.6 is 0 Å². The zero-order valence-electron chi connectivity index (χ0n) is 20.3. The highest BCUT2D eigenvalue weighted by molar-refractivity contribution is 6.24. The second-order valence-corrected chi connectivity index (χ2v) is 8.20. The van der Waals surface area contributed by atoms with Crippen LogP contribution in [0.25, 0.3) is 0 Å². The predicted octanol–water partition coefficient (Wildman–Crippen LogP) is -0.797. The molecule has 2 heterocycles. The van der Waals surface area contributed by atoms with Gasteiger partial charge in [-0.15, -0.1) is 0 Å². The second kappa shape index (κ2) is 14.7. The van der Waals surface area contributed by atoms with E-state index in [4.69, 9.17) is 24.7 Å². The number of hydrogen-bond donors (Lipinski definition) is 3. The first-order chi connectivity index (χ1) is 17.5. The zero-order valence-corrected chi connectivity index (χ0v) is 20.3. The van der Waals surface area contributed by atoms with E-state index in [0.29, 0.717) is 83.6 Å². The maximum Gasteiger partial charge on any atom is 0.262 e. The first-order valence-electron chi connectivity index (χ1n) is 12.1. The van der Waals surface area contributed by atoms with Gasteiger partial charge in [-0.25, -0.2) is 0 Å². The predicted molar refractivity (Wildman–Crippen MR) is 127 cm³/mol. The Bertz CT molecular complexity index is 925. The lowest BCUT2D eigenvalue weighted by Gasteiger charge is -2.27. The average molecular weight is 507 g/mol. The lowest BCUT2D eigenvalue weighted by molar-refractivity contribution is -0.136. The Kier molecular flexibility index (Phi) is 11.4. The minimum Gasteiger partial charge on any atom is -0.378 e. The summed E-state index contributed by atoms with van der Waals surface area (Å²) in [6.07, 6.45) is 0.212. The van der Waals surface area contributed by atoms with E-state index in [1.54, 1.807) is 18.2 Å². The maximum atomic E-state index is 13.1. The Morgan fingerprint density at radius 2 is 1.53 bits per heavy atom. The molecular formula is C24H34N4O8. The summed E-state index contributed by atoms with van der Waals surface area (Å²) in [4.78, 5) is 50.6. The number of nitrogens with one attached hydrogen (secondary N) is 2. The van der Waals surface area contributed by atoms with E-state index in [-0.39, 0.29) is 18.4 Å². The van der Waals surface area contributed by atoms with E-state index in [0.717, 1.165) is 4.90 Å². The fourth-order valence-electron chi connectivity index (χ4n) is 3.94. The van der Waals surface area contributed by atoms with E-state index in [1.165, 1.54) is 0 Å². The van der Waals surface area contributed by atoms with Crippen LogP contribution in [0.3, 0.4) is 0 Å². The topological polar surface area (TPSA) is 159 Å². The fourth-order valence-corrected chi connectivity index (χ4v) is 3.94. The second-order valence-electron chi connectivity index (χ2n) is 8.20. The number of ether oxygens (including phenoxy) is 4. The molecule has 1 unspecified atom stereocenters. The number of nitrogens with zero attached hydrogens (tertiary/aromatic N) is 1. The molecule has 4 amide bonds. The third kappa shape index (κ3) is 7.63. The van der Waals surface area contributed by atoms with Crippen molar-refractivity contribution in [1.82, 2.24) is 15.5 Å². The Balaban J connectivity index is 1.32. The molecule has 1 aromatic rings. The molecule has 36 heavy (non-hydrogen) atoms. The maximum absolute atomic E-state index is 13.1. The van der Waals surface area contributed by atoms with Gasteiger partial charge >= 0.3 is 0 Å². The van der Waals surface area contributed by atoms with Gasteiger partial charge in [0.15, 0.2) is 0 Å². The van der Waals surface area contributed by atoms with Crippen LogP contribution in [0.15, 0.2) is 18.2 Å². The van der Waals surface area contributed by atoms with Crippen LogP contribution in [0.2, 0.25) is 0 Å². The number of imide groups is 2. The molecule has 12 nitrogen and oxygen atoms in total. The number of piperidine rings is 1. The summed E-state index contributed by atoms with van der Waals surface area (Å²) in [6.45, 7) is 5.24. The molecule has 0 radical (unpaired) electrons. The molecule has 198 valence electrons. The van der Waals surface area contributed by atoms with Gasteiger partial charge in [0.2, 0.25) is 11.8 Å². The van der Waals surface area contributed by atoms with E-state index in [9.17, 15) is 19.2 Å². The Labute approximate surface area is 209 Å². The largest absolute Gasteiger partial charge is 0.378 e. The third-order valence-corrected chi connectivity index (χ3v) is 5.67. The van der Waals surface area contributed by atoms with Gasteiger partial charge in [-0.2, -0.15) is 0 Å². The summed E-state index contributed by atoms with van der Waals surface area (Å²) in [5, 5.41) is 5.40. The fraction of sp³-hybridized carbons (Fsp3) is 0.583. The van der Waals surface area contributed by atoms with E-state index < -0.39 is 29.7 Å². The first kappa shape index (κ1) is 27.8.